The van der Waals surface area contributed by atoms with E-state index < -0.39 is 0 Å². The predicted molar refractivity (Wildman–Crippen MR) is 90.5 cm³/mol. The maximum atomic E-state index is 12.2. The number of hydrogen-bond acceptors (Lipinski definition) is 3. The molecule has 0 aliphatic carbocycles. The molecule has 0 radical (unpaired) electrons. The van der Waals surface area contributed by atoms with Crippen molar-refractivity contribution in [1.82, 2.24) is 10.6 Å². The summed E-state index contributed by atoms with van der Waals surface area (Å²) in [5.74, 6) is -0.580. The number of phenolic OH excluding ortho intramolecular Hbond substituents is 1. The van der Waals surface area contributed by atoms with Crippen LogP contribution in [0.25, 0.3) is 10.8 Å². The van der Waals surface area contributed by atoms with Crippen molar-refractivity contribution in [2.75, 3.05) is 13.1 Å². The second-order valence-corrected chi connectivity index (χ2v) is 5.24. The summed E-state index contributed by atoms with van der Waals surface area (Å²) in [6, 6.07) is 9.06. The Balaban J connectivity index is 2.00. The van der Waals surface area contributed by atoms with Crippen molar-refractivity contribution in [2.24, 2.45) is 0 Å². The molecular weight excluding hydrogens is 292 g/mol. The minimum absolute atomic E-state index is 0.0105. The van der Waals surface area contributed by atoms with E-state index in [0.29, 0.717) is 24.9 Å². The number of carbonyl (C=O) groups excluding carboxylic acids is 2. The molecule has 0 aromatic heterocycles. The number of aromatic hydroxyl groups is 1. The fourth-order valence-electron chi connectivity index (χ4n) is 2.35. The number of amides is 2. The van der Waals surface area contributed by atoms with Gasteiger partial charge in [-0.3, -0.25) is 9.59 Å². The Morgan fingerprint density at radius 1 is 1.13 bits per heavy atom. The summed E-state index contributed by atoms with van der Waals surface area (Å²) in [6.45, 7) is 6.17. The Morgan fingerprint density at radius 3 is 2.61 bits per heavy atom. The van der Waals surface area contributed by atoms with Crippen LogP contribution in [0, 0.1) is 6.92 Å². The van der Waals surface area contributed by atoms with E-state index in [2.05, 4.69) is 17.2 Å². The van der Waals surface area contributed by atoms with Gasteiger partial charge in [0.2, 0.25) is 5.91 Å². The number of hydrogen-bond donors (Lipinski definition) is 3. The summed E-state index contributed by atoms with van der Waals surface area (Å²) in [5.41, 5.74) is 1.29. The zero-order valence-electron chi connectivity index (χ0n) is 13.1. The predicted octanol–water partition coefficient (Wildman–Crippen LogP) is 2.28. The van der Waals surface area contributed by atoms with E-state index in [0.717, 1.165) is 10.9 Å². The molecule has 0 heterocycles. The van der Waals surface area contributed by atoms with Crippen LogP contribution in [-0.2, 0) is 4.79 Å². The van der Waals surface area contributed by atoms with Gasteiger partial charge >= 0.3 is 0 Å². The Kier molecular flexibility index (Phi) is 5.36. The van der Waals surface area contributed by atoms with Crippen LogP contribution >= 0.6 is 0 Å². The minimum Gasteiger partial charge on any atom is -0.506 e. The number of fused-ring (bicyclic) bond motifs is 1. The van der Waals surface area contributed by atoms with Crippen molar-refractivity contribution in [1.29, 1.82) is 0 Å². The van der Waals surface area contributed by atoms with E-state index in [4.69, 9.17) is 0 Å². The molecule has 2 aromatic carbocycles. The third kappa shape index (κ3) is 3.88. The number of carbonyl (C=O) groups is 2. The van der Waals surface area contributed by atoms with Crippen molar-refractivity contribution in [3.8, 4) is 5.75 Å². The van der Waals surface area contributed by atoms with Crippen molar-refractivity contribution >= 4 is 22.6 Å². The lowest BCUT2D eigenvalue weighted by atomic mass is 10.0. The molecule has 0 saturated heterocycles. The standard InChI is InChI=1S/C18H20N2O3/c1-3-16(21)19-10-5-11-20-18(23)15-9-8-13-12(2)6-4-7-14(13)17(15)22/h3-4,6-9,22H,1,5,10-11H2,2H3,(H,19,21)(H,20,23). The molecule has 0 aliphatic rings. The molecule has 0 fully saturated rings. The van der Waals surface area contributed by atoms with Crippen LogP contribution in [0.3, 0.4) is 0 Å². The minimum atomic E-state index is -0.332. The molecular formula is C18H20N2O3. The van der Waals surface area contributed by atoms with Crippen LogP contribution in [0.4, 0.5) is 0 Å². The molecule has 23 heavy (non-hydrogen) atoms. The quantitative estimate of drug-likeness (QED) is 0.565. The Morgan fingerprint density at radius 2 is 1.87 bits per heavy atom. The smallest absolute Gasteiger partial charge is 0.255 e. The van der Waals surface area contributed by atoms with Crippen molar-refractivity contribution in [2.45, 2.75) is 13.3 Å². The number of benzene rings is 2. The lowest BCUT2D eigenvalue weighted by Gasteiger charge is -2.10. The summed E-state index contributed by atoms with van der Waals surface area (Å²) >= 11 is 0. The topological polar surface area (TPSA) is 78.4 Å². The average Bonchev–Trinajstić information content (AvgIpc) is 2.55. The third-order valence-corrected chi connectivity index (χ3v) is 3.62. The second kappa shape index (κ2) is 7.45. The van der Waals surface area contributed by atoms with E-state index in [-0.39, 0.29) is 23.1 Å². The van der Waals surface area contributed by atoms with Gasteiger partial charge in [-0.25, -0.2) is 0 Å². The molecule has 5 nitrogen and oxygen atoms in total. The molecule has 120 valence electrons. The Bertz CT molecular complexity index is 753. The summed E-state index contributed by atoms with van der Waals surface area (Å²) in [7, 11) is 0. The molecule has 2 rings (SSSR count). The lowest BCUT2D eigenvalue weighted by Crippen LogP contribution is -2.29. The van der Waals surface area contributed by atoms with Crippen LogP contribution in [0.15, 0.2) is 43.0 Å². The zero-order chi connectivity index (χ0) is 16.8. The highest BCUT2D eigenvalue weighted by Gasteiger charge is 2.13. The summed E-state index contributed by atoms with van der Waals surface area (Å²) in [4.78, 5) is 23.2. The monoisotopic (exact) mass is 312 g/mol. The van der Waals surface area contributed by atoms with E-state index in [1.54, 1.807) is 12.1 Å². The normalized spacial score (nSPS) is 10.3. The molecule has 0 unspecified atom stereocenters. The third-order valence-electron chi connectivity index (χ3n) is 3.62. The van der Waals surface area contributed by atoms with E-state index in [9.17, 15) is 14.7 Å². The maximum absolute atomic E-state index is 12.2. The van der Waals surface area contributed by atoms with E-state index >= 15 is 0 Å². The fraction of sp³-hybridized carbons (Fsp3) is 0.222. The molecule has 0 saturated carbocycles. The van der Waals surface area contributed by atoms with Crippen molar-refractivity contribution < 1.29 is 14.7 Å². The molecule has 2 amide bonds. The van der Waals surface area contributed by atoms with Gasteiger partial charge in [-0.1, -0.05) is 30.8 Å². The largest absolute Gasteiger partial charge is 0.506 e. The number of phenols is 1. The van der Waals surface area contributed by atoms with Gasteiger partial charge in [0.1, 0.15) is 5.75 Å². The first kappa shape index (κ1) is 16.5. The Labute approximate surface area is 135 Å². The molecule has 5 heteroatoms. The fourth-order valence-corrected chi connectivity index (χ4v) is 2.35. The summed E-state index contributed by atoms with van der Waals surface area (Å²) < 4.78 is 0. The van der Waals surface area contributed by atoms with Gasteiger partial charge in [-0.15, -0.1) is 0 Å². The number of aryl methyl sites for hydroxylation is 1. The van der Waals surface area contributed by atoms with E-state index in [1.807, 2.05) is 25.1 Å². The van der Waals surface area contributed by atoms with Gasteiger partial charge in [0, 0.05) is 18.5 Å². The Hall–Kier alpha value is -2.82. The van der Waals surface area contributed by atoms with Crippen LogP contribution in [0.2, 0.25) is 0 Å². The second-order valence-electron chi connectivity index (χ2n) is 5.24. The van der Waals surface area contributed by atoms with Gasteiger partial charge in [0.15, 0.2) is 0 Å². The lowest BCUT2D eigenvalue weighted by molar-refractivity contribution is -0.116. The highest BCUT2D eigenvalue weighted by atomic mass is 16.3. The van der Waals surface area contributed by atoms with Crippen LogP contribution in [0.1, 0.15) is 22.3 Å². The SMILES string of the molecule is C=CC(=O)NCCCNC(=O)c1ccc2c(C)cccc2c1O. The van der Waals surface area contributed by atoms with Gasteiger partial charge in [-0.2, -0.15) is 0 Å². The average molecular weight is 312 g/mol. The maximum Gasteiger partial charge on any atom is 0.255 e. The molecule has 0 aliphatic heterocycles. The van der Waals surface area contributed by atoms with E-state index in [1.165, 1.54) is 6.08 Å². The summed E-state index contributed by atoms with van der Waals surface area (Å²) in [6.07, 6.45) is 1.80. The first-order chi connectivity index (χ1) is 11.0. The first-order valence-electron chi connectivity index (χ1n) is 7.44. The molecule has 0 spiro atoms. The molecule has 3 N–H and O–H groups in total. The van der Waals surface area contributed by atoms with Gasteiger partial charge in [0.25, 0.3) is 5.91 Å². The first-order valence-corrected chi connectivity index (χ1v) is 7.44. The van der Waals surface area contributed by atoms with Gasteiger partial charge in [-0.05, 0) is 36.4 Å². The van der Waals surface area contributed by atoms with Crippen molar-refractivity contribution in [3.05, 3.63) is 54.1 Å². The van der Waals surface area contributed by atoms with Crippen LogP contribution < -0.4 is 10.6 Å². The molecule has 0 bridgehead atoms. The zero-order valence-corrected chi connectivity index (χ0v) is 13.1. The van der Waals surface area contributed by atoms with Gasteiger partial charge in [0.05, 0.1) is 5.56 Å². The number of rotatable bonds is 6. The highest BCUT2D eigenvalue weighted by molar-refractivity contribution is 6.04. The van der Waals surface area contributed by atoms with Crippen LogP contribution in [-0.4, -0.2) is 30.0 Å². The van der Waals surface area contributed by atoms with Crippen molar-refractivity contribution in [3.63, 3.8) is 0 Å². The summed E-state index contributed by atoms with van der Waals surface area (Å²) in [5, 5.41) is 17.3. The van der Waals surface area contributed by atoms with Crippen LogP contribution in [0.5, 0.6) is 5.75 Å². The van der Waals surface area contributed by atoms with Gasteiger partial charge < -0.3 is 15.7 Å². The molecule has 0 atom stereocenters. The molecule has 2 aromatic rings. The number of nitrogens with one attached hydrogen (secondary N) is 2. The highest BCUT2D eigenvalue weighted by Crippen LogP contribution is 2.30.